The molecule has 0 aliphatic heterocycles. The molecule has 1 heterocycles. The van der Waals surface area contributed by atoms with Crippen molar-refractivity contribution in [2.45, 2.75) is 19.8 Å². The molecular formula is C10H16ClN3O. The largest absolute Gasteiger partial charge is 0.383 e. The Balaban J connectivity index is 2.62. The average molecular weight is 230 g/mol. The van der Waals surface area contributed by atoms with Crippen LogP contribution in [0.4, 0.5) is 5.82 Å². The van der Waals surface area contributed by atoms with E-state index in [1.54, 1.807) is 7.11 Å². The Labute approximate surface area is 95.0 Å². The molecule has 0 aliphatic rings. The van der Waals surface area contributed by atoms with Gasteiger partial charge in [0.15, 0.2) is 0 Å². The van der Waals surface area contributed by atoms with E-state index in [2.05, 4.69) is 22.2 Å². The van der Waals surface area contributed by atoms with Gasteiger partial charge in [0.05, 0.1) is 6.61 Å². The molecule has 1 aromatic heterocycles. The molecule has 5 heteroatoms. The van der Waals surface area contributed by atoms with Gasteiger partial charge in [0.25, 0.3) is 0 Å². The SMILES string of the molecule is CCCc1cc(NCCOC)nc(Cl)n1. The van der Waals surface area contributed by atoms with E-state index in [0.29, 0.717) is 11.9 Å². The Kier molecular flexibility index (Phi) is 5.36. The molecule has 0 bridgehead atoms. The fourth-order valence-electron chi connectivity index (χ4n) is 1.22. The van der Waals surface area contributed by atoms with Crippen molar-refractivity contribution >= 4 is 17.4 Å². The highest BCUT2D eigenvalue weighted by atomic mass is 35.5. The van der Waals surface area contributed by atoms with E-state index in [1.807, 2.05) is 6.07 Å². The van der Waals surface area contributed by atoms with Gasteiger partial charge in [-0.15, -0.1) is 0 Å². The van der Waals surface area contributed by atoms with Gasteiger partial charge in [-0.2, -0.15) is 0 Å². The Morgan fingerprint density at radius 2 is 2.27 bits per heavy atom. The number of ether oxygens (including phenoxy) is 1. The summed E-state index contributed by atoms with van der Waals surface area (Å²) in [6, 6.07) is 1.92. The molecule has 0 saturated carbocycles. The summed E-state index contributed by atoms with van der Waals surface area (Å²) in [6.45, 7) is 3.47. The zero-order valence-corrected chi connectivity index (χ0v) is 9.84. The van der Waals surface area contributed by atoms with Crippen molar-refractivity contribution in [1.29, 1.82) is 0 Å². The van der Waals surface area contributed by atoms with Crippen molar-refractivity contribution < 1.29 is 4.74 Å². The van der Waals surface area contributed by atoms with Gasteiger partial charge in [0.2, 0.25) is 5.28 Å². The minimum absolute atomic E-state index is 0.292. The first-order valence-electron chi connectivity index (χ1n) is 5.02. The van der Waals surface area contributed by atoms with Gasteiger partial charge in [-0.3, -0.25) is 0 Å². The van der Waals surface area contributed by atoms with Crippen LogP contribution in [0.2, 0.25) is 5.28 Å². The van der Waals surface area contributed by atoms with Crippen LogP contribution in [-0.2, 0) is 11.2 Å². The van der Waals surface area contributed by atoms with E-state index in [0.717, 1.165) is 30.9 Å². The first kappa shape index (κ1) is 12.2. The van der Waals surface area contributed by atoms with Crippen molar-refractivity contribution in [3.05, 3.63) is 17.0 Å². The predicted octanol–water partition coefficient (Wildman–Crippen LogP) is 2.14. The van der Waals surface area contributed by atoms with Crippen LogP contribution in [0, 0.1) is 0 Å². The maximum Gasteiger partial charge on any atom is 0.224 e. The van der Waals surface area contributed by atoms with Gasteiger partial charge in [-0.1, -0.05) is 13.3 Å². The number of nitrogens with zero attached hydrogens (tertiary/aromatic N) is 2. The Morgan fingerprint density at radius 1 is 1.47 bits per heavy atom. The predicted molar refractivity (Wildman–Crippen MR) is 61.4 cm³/mol. The van der Waals surface area contributed by atoms with Gasteiger partial charge in [-0.25, -0.2) is 9.97 Å². The lowest BCUT2D eigenvalue weighted by Crippen LogP contribution is -2.09. The number of rotatable bonds is 6. The lowest BCUT2D eigenvalue weighted by molar-refractivity contribution is 0.210. The second-order valence-corrected chi connectivity index (χ2v) is 3.52. The van der Waals surface area contributed by atoms with Gasteiger partial charge in [-0.05, 0) is 18.0 Å². The van der Waals surface area contributed by atoms with Gasteiger partial charge < -0.3 is 10.1 Å². The number of anilines is 1. The molecular weight excluding hydrogens is 214 g/mol. The highest BCUT2D eigenvalue weighted by Gasteiger charge is 2.01. The summed E-state index contributed by atoms with van der Waals surface area (Å²) in [6.07, 6.45) is 1.96. The molecule has 0 spiro atoms. The molecule has 0 unspecified atom stereocenters. The molecule has 1 N–H and O–H groups in total. The number of methoxy groups -OCH3 is 1. The number of aromatic nitrogens is 2. The first-order valence-corrected chi connectivity index (χ1v) is 5.40. The van der Waals surface area contributed by atoms with Gasteiger partial charge in [0, 0.05) is 25.4 Å². The second-order valence-electron chi connectivity index (χ2n) is 3.18. The van der Waals surface area contributed by atoms with E-state index in [-0.39, 0.29) is 0 Å². The maximum absolute atomic E-state index is 5.81. The third kappa shape index (κ3) is 4.44. The molecule has 0 saturated heterocycles. The fraction of sp³-hybridized carbons (Fsp3) is 0.600. The topological polar surface area (TPSA) is 47.0 Å². The molecule has 0 radical (unpaired) electrons. The zero-order valence-electron chi connectivity index (χ0n) is 9.09. The van der Waals surface area contributed by atoms with Crippen LogP contribution in [0.15, 0.2) is 6.07 Å². The summed E-state index contributed by atoms with van der Waals surface area (Å²) in [4.78, 5) is 8.21. The number of hydrogen-bond acceptors (Lipinski definition) is 4. The van der Waals surface area contributed by atoms with Gasteiger partial charge in [0.1, 0.15) is 5.82 Å². The Hall–Kier alpha value is -0.870. The van der Waals surface area contributed by atoms with Crippen LogP contribution >= 0.6 is 11.6 Å². The minimum Gasteiger partial charge on any atom is -0.383 e. The van der Waals surface area contributed by atoms with Crippen molar-refractivity contribution in [2.24, 2.45) is 0 Å². The van der Waals surface area contributed by atoms with Crippen LogP contribution in [0.25, 0.3) is 0 Å². The lowest BCUT2D eigenvalue weighted by atomic mass is 10.2. The molecule has 15 heavy (non-hydrogen) atoms. The highest BCUT2D eigenvalue weighted by Crippen LogP contribution is 2.11. The summed E-state index contributed by atoms with van der Waals surface area (Å²) in [5.41, 5.74) is 0.970. The van der Waals surface area contributed by atoms with Crippen molar-refractivity contribution in [1.82, 2.24) is 9.97 Å². The number of hydrogen-bond donors (Lipinski definition) is 1. The van der Waals surface area contributed by atoms with E-state index in [4.69, 9.17) is 16.3 Å². The molecule has 1 rings (SSSR count). The smallest absolute Gasteiger partial charge is 0.224 e. The average Bonchev–Trinajstić information content (AvgIpc) is 2.18. The van der Waals surface area contributed by atoms with E-state index >= 15 is 0 Å². The minimum atomic E-state index is 0.292. The third-order valence-electron chi connectivity index (χ3n) is 1.87. The van der Waals surface area contributed by atoms with Crippen LogP contribution < -0.4 is 5.32 Å². The first-order chi connectivity index (χ1) is 7.26. The fourth-order valence-corrected chi connectivity index (χ4v) is 1.42. The lowest BCUT2D eigenvalue weighted by Gasteiger charge is -2.06. The molecule has 0 atom stereocenters. The number of aryl methyl sites for hydroxylation is 1. The summed E-state index contributed by atoms with van der Waals surface area (Å²) < 4.78 is 4.93. The van der Waals surface area contributed by atoms with Crippen LogP contribution in [-0.4, -0.2) is 30.2 Å². The Morgan fingerprint density at radius 3 is 2.93 bits per heavy atom. The normalized spacial score (nSPS) is 10.3. The quantitative estimate of drug-likeness (QED) is 0.600. The third-order valence-corrected chi connectivity index (χ3v) is 2.04. The molecule has 0 fully saturated rings. The van der Waals surface area contributed by atoms with Gasteiger partial charge >= 0.3 is 0 Å². The molecule has 4 nitrogen and oxygen atoms in total. The second kappa shape index (κ2) is 6.58. The van der Waals surface area contributed by atoms with E-state index < -0.39 is 0 Å². The van der Waals surface area contributed by atoms with E-state index in [1.165, 1.54) is 0 Å². The van der Waals surface area contributed by atoms with Crippen molar-refractivity contribution in [2.75, 3.05) is 25.6 Å². The van der Waals surface area contributed by atoms with E-state index in [9.17, 15) is 0 Å². The van der Waals surface area contributed by atoms with Crippen LogP contribution in [0.1, 0.15) is 19.0 Å². The monoisotopic (exact) mass is 229 g/mol. The molecule has 0 amide bonds. The molecule has 0 aromatic carbocycles. The molecule has 84 valence electrons. The highest BCUT2D eigenvalue weighted by molar-refractivity contribution is 6.28. The summed E-state index contributed by atoms with van der Waals surface area (Å²) >= 11 is 5.81. The maximum atomic E-state index is 5.81. The van der Waals surface area contributed by atoms with Crippen molar-refractivity contribution in [3.63, 3.8) is 0 Å². The summed E-state index contributed by atoms with van der Waals surface area (Å²) in [5, 5.41) is 3.42. The summed E-state index contributed by atoms with van der Waals surface area (Å²) in [5.74, 6) is 0.760. The molecule has 1 aromatic rings. The van der Waals surface area contributed by atoms with Crippen molar-refractivity contribution in [3.8, 4) is 0 Å². The summed E-state index contributed by atoms with van der Waals surface area (Å²) in [7, 11) is 1.66. The zero-order chi connectivity index (χ0) is 11.1. The Bertz CT molecular complexity index is 307. The van der Waals surface area contributed by atoms with Crippen LogP contribution in [0.5, 0.6) is 0 Å². The van der Waals surface area contributed by atoms with Crippen LogP contribution in [0.3, 0.4) is 0 Å². The number of halogens is 1. The number of nitrogens with one attached hydrogen (secondary N) is 1. The standard InChI is InChI=1S/C10H16ClN3O/c1-3-4-8-7-9(12-5-6-15-2)14-10(11)13-8/h7H,3-6H2,1-2H3,(H,12,13,14). The molecule has 0 aliphatic carbocycles.